The molecule has 29 heavy (non-hydrogen) atoms. The monoisotopic (exact) mass is 376 g/mol. The summed E-state index contributed by atoms with van der Waals surface area (Å²) < 4.78 is 0. The SMILES string of the molecule is Cc1c(C)c2c(c(-c3ccc(O)cc3)c1Cc1ccccc1)-c1ccccc1C2. The highest BCUT2D eigenvalue weighted by molar-refractivity contribution is 5.94. The van der Waals surface area contributed by atoms with Crippen LogP contribution in [-0.2, 0) is 12.8 Å². The molecule has 1 aliphatic carbocycles. The summed E-state index contributed by atoms with van der Waals surface area (Å²) in [5.74, 6) is 0.305. The highest BCUT2D eigenvalue weighted by atomic mass is 16.3. The Morgan fingerprint density at radius 2 is 1.41 bits per heavy atom. The van der Waals surface area contributed by atoms with E-state index in [2.05, 4.69) is 80.6 Å². The number of aromatic hydroxyl groups is 1. The Morgan fingerprint density at radius 1 is 0.724 bits per heavy atom. The van der Waals surface area contributed by atoms with Gasteiger partial charge in [-0.05, 0) is 94.5 Å². The molecule has 0 saturated heterocycles. The summed E-state index contributed by atoms with van der Waals surface area (Å²) in [6.45, 7) is 4.54. The fourth-order valence-electron chi connectivity index (χ4n) is 4.72. The highest BCUT2D eigenvalue weighted by Crippen LogP contribution is 2.48. The van der Waals surface area contributed by atoms with Crippen LogP contribution in [0.4, 0.5) is 0 Å². The quantitative estimate of drug-likeness (QED) is 0.365. The van der Waals surface area contributed by atoms with Crippen molar-refractivity contribution in [1.82, 2.24) is 0 Å². The second kappa shape index (κ2) is 6.93. The normalized spacial score (nSPS) is 11.9. The molecule has 0 aromatic heterocycles. The van der Waals surface area contributed by atoms with Crippen LogP contribution in [0.2, 0.25) is 0 Å². The first-order valence-corrected chi connectivity index (χ1v) is 10.2. The van der Waals surface area contributed by atoms with E-state index in [4.69, 9.17) is 0 Å². The molecule has 5 rings (SSSR count). The maximum Gasteiger partial charge on any atom is 0.115 e. The van der Waals surface area contributed by atoms with Crippen LogP contribution < -0.4 is 0 Å². The van der Waals surface area contributed by atoms with Gasteiger partial charge in [-0.15, -0.1) is 0 Å². The summed E-state index contributed by atoms with van der Waals surface area (Å²) in [4.78, 5) is 0. The van der Waals surface area contributed by atoms with Crippen molar-refractivity contribution < 1.29 is 5.11 Å². The first-order valence-electron chi connectivity index (χ1n) is 10.2. The number of phenolic OH excluding ortho intramolecular Hbond substituents is 1. The topological polar surface area (TPSA) is 20.2 Å². The van der Waals surface area contributed by atoms with Gasteiger partial charge in [0.1, 0.15) is 5.75 Å². The molecule has 0 spiro atoms. The van der Waals surface area contributed by atoms with Gasteiger partial charge in [-0.25, -0.2) is 0 Å². The summed E-state index contributed by atoms with van der Waals surface area (Å²) in [5.41, 5.74) is 13.6. The summed E-state index contributed by atoms with van der Waals surface area (Å²) in [6, 6.07) is 27.2. The second-order valence-electron chi connectivity index (χ2n) is 8.00. The minimum absolute atomic E-state index is 0.305. The molecule has 1 nitrogen and oxygen atoms in total. The van der Waals surface area contributed by atoms with Crippen molar-refractivity contribution in [2.45, 2.75) is 26.7 Å². The van der Waals surface area contributed by atoms with E-state index in [-0.39, 0.29) is 0 Å². The Kier molecular flexibility index (Phi) is 4.24. The summed E-state index contributed by atoms with van der Waals surface area (Å²) >= 11 is 0. The van der Waals surface area contributed by atoms with Gasteiger partial charge in [0.05, 0.1) is 0 Å². The van der Waals surface area contributed by atoms with Gasteiger partial charge in [0.15, 0.2) is 0 Å². The molecule has 0 saturated carbocycles. The van der Waals surface area contributed by atoms with Crippen LogP contribution in [0.15, 0.2) is 78.9 Å². The number of phenols is 1. The molecule has 4 aromatic rings. The van der Waals surface area contributed by atoms with Crippen molar-refractivity contribution in [2.75, 3.05) is 0 Å². The lowest BCUT2D eigenvalue weighted by atomic mass is 9.82. The zero-order valence-corrected chi connectivity index (χ0v) is 16.9. The van der Waals surface area contributed by atoms with Crippen LogP contribution in [0.1, 0.15) is 33.4 Å². The predicted molar refractivity (Wildman–Crippen MR) is 121 cm³/mol. The van der Waals surface area contributed by atoms with Crippen molar-refractivity contribution >= 4 is 0 Å². The fourth-order valence-corrected chi connectivity index (χ4v) is 4.72. The van der Waals surface area contributed by atoms with E-state index in [0.717, 1.165) is 12.8 Å². The van der Waals surface area contributed by atoms with Gasteiger partial charge in [0, 0.05) is 0 Å². The molecule has 4 aromatic carbocycles. The average molecular weight is 376 g/mol. The Hall–Kier alpha value is -3.32. The largest absolute Gasteiger partial charge is 0.508 e. The van der Waals surface area contributed by atoms with Crippen LogP contribution in [0, 0.1) is 13.8 Å². The lowest BCUT2D eigenvalue weighted by molar-refractivity contribution is 0.475. The molecule has 1 N–H and O–H groups in total. The molecule has 1 aliphatic rings. The molecule has 0 aliphatic heterocycles. The van der Waals surface area contributed by atoms with Crippen molar-refractivity contribution in [3.63, 3.8) is 0 Å². The third-order valence-electron chi connectivity index (χ3n) is 6.36. The first kappa shape index (κ1) is 17.8. The maximum atomic E-state index is 9.86. The van der Waals surface area contributed by atoms with Crippen LogP contribution in [0.25, 0.3) is 22.3 Å². The highest BCUT2D eigenvalue weighted by Gasteiger charge is 2.27. The molecular weight excluding hydrogens is 352 g/mol. The number of hydrogen-bond donors (Lipinski definition) is 1. The number of rotatable bonds is 3. The van der Waals surface area contributed by atoms with Crippen LogP contribution in [0.3, 0.4) is 0 Å². The smallest absolute Gasteiger partial charge is 0.115 e. The molecule has 0 atom stereocenters. The van der Waals surface area contributed by atoms with E-state index in [0.29, 0.717) is 5.75 Å². The van der Waals surface area contributed by atoms with E-state index in [1.165, 1.54) is 55.6 Å². The Labute approximate surface area is 172 Å². The van der Waals surface area contributed by atoms with Gasteiger partial charge in [-0.3, -0.25) is 0 Å². The predicted octanol–water partition coefficient (Wildman–Crippen LogP) is 6.84. The number of hydrogen-bond acceptors (Lipinski definition) is 1. The molecule has 0 amide bonds. The van der Waals surface area contributed by atoms with Crippen molar-refractivity contribution in [3.8, 4) is 28.0 Å². The Morgan fingerprint density at radius 3 is 2.17 bits per heavy atom. The first-order chi connectivity index (χ1) is 14.1. The van der Waals surface area contributed by atoms with Gasteiger partial charge >= 0.3 is 0 Å². The van der Waals surface area contributed by atoms with E-state index in [9.17, 15) is 5.11 Å². The van der Waals surface area contributed by atoms with Crippen LogP contribution in [-0.4, -0.2) is 5.11 Å². The van der Waals surface area contributed by atoms with Crippen molar-refractivity contribution in [2.24, 2.45) is 0 Å². The van der Waals surface area contributed by atoms with Gasteiger partial charge < -0.3 is 5.11 Å². The Bertz CT molecular complexity index is 1200. The van der Waals surface area contributed by atoms with Gasteiger partial charge in [-0.2, -0.15) is 0 Å². The zero-order valence-electron chi connectivity index (χ0n) is 16.9. The van der Waals surface area contributed by atoms with Crippen LogP contribution in [0.5, 0.6) is 5.75 Å². The average Bonchev–Trinajstić information content (AvgIpc) is 3.13. The molecule has 0 radical (unpaired) electrons. The van der Waals surface area contributed by atoms with E-state index < -0.39 is 0 Å². The molecule has 142 valence electrons. The standard InChI is InChI=1S/C28H24O/c1-18-19(2)26-17-22-10-6-7-11-24(22)28(26)27(21-12-14-23(29)15-13-21)25(18)16-20-8-4-3-5-9-20/h3-15,29H,16-17H2,1-2H3. The fraction of sp³-hybridized carbons (Fsp3) is 0.143. The third kappa shape index (κ3) is 2.94. The second-order valence-corrected chi connectivity index (χ2v) is 8.00. The van der Waals surface area contributed by atoms with Gasteiger partial charge in [-0.1, -0.05) is 66.7 Å². The minimum atomic E-state index is 0.305. The Balaban J connectivity index is 1.83. The molecule has 0 unspecified atom stereocenters. The number of benzene rings is 4. The summed E-state index contributed by atoms with van der Waals surface area (Å²) in [6.07, 6.45) is 1.90. The van der Waals surface area contributed by atoms with E-state index in [1.807, 2.05) is 0 Å². The molecular formula is C28H24O. The van der Waals surface area contributed by atoms with Gasteiger partial charge in [0.25, 0.3) is 0 Å². The summed E-state index contributed by atoms with van der Waals surface area (Å²) in [7, 11) is 0. The minimum Gasteiger partial charge on any atom is -0.508 e. The third-order valence-corrected chi connectivity index (χ3v) is 6.36. The lowest BCUT2D eigenvalue weighted by Gasteiger charge is -2.22. The molecule has 1 heteroatoms. The lowest BCUT2D eigenvalue weighted by Crippen LogP contribution is -2.03. The molecule has 0 heterocycles. The molecule has 0 bridgehead atoms. The maximum absolute atomic E-state index is 9.86. The summed E-state index contributed by atoms with van der Waals surface area (Å²) in [5, 5.41) is 9.86. The van der Waals surface area contributed by atoms with Crippen molar-refractivity contribution in [3.05, 3.63) is 112 Å². The van der Waals surface area contributed by atoms with E-state index in [1.54, 1.807) is 12.1 Å². The van der Waals surface area contributed by atoms with E-state index >= 15 is 0 Å². The number of fused-ring (bicyclic) bond motifs is 3. The van der Waals surface area contributed by atoms with Gasteiger partial charge in [0.2, 0.25) is 0 Å². The van der Waals surface area contributed by atoms with Crippen molar-refractivity contribution in [1.29, 1.82) is 0 Å². The zero-order chi connectivity index (χ0) is 20.0. The molecule has 0 fully saturated rings. The van der Waals surface area contributed by atoms with Crippen LogP contribution >= 0.6 is 0 Å².